The van der Waals surface area contributed by atoms with Gasteiger partial charge in [0.1, 0.15) is 5.75 Å². The fourth-order valence-electron chi connectivity index (χ4n) is 5.96. The number of rotatable bonds is 4. The van der Waals surface area contributed by atoms with E-state index in [9.17, 15) is 9.59 Å². The molecule has 3 aliphatic rings. The number of carbonyl (C=O) groups is 2. The molecule has 33 heavy (non-hydrogen) atoms. The lowest BCUT2D eigenvalue weighted by Crippen LogP contribution is -2.52. The van der Waals surface area contributed by atoms with Gasteiger partial charge >= 0.3 is 0 Å². The number of hydrazine groups is 1. The van der Waals surface area contributed by atoms with Crippen molar-refractivity contribution >= 4 is 17.5 Å². The summed E-state index contributed by atoms with van der Waals surface area (Å²) in [5.74, 6) is -0.103. The standard InChI is InChI=1S/C27H25N3O3/c1-33-22-15-13-19(14-16-22)24-23-25(31)30(21-11-6-3-7-12-21)26(32)27(23,20-9-4-2-5-10-20)29-18-8-17-28(24)29/h2-7,9-16,23-24H,8,17-18H2,1H3/t23-,24-,27-/m1/s1. The Hall–Kier alpha value is -3.48. The monoisotopic (exact) mass is 439 g/mol. The second-order valence-electron chi connectivity index (χ2n) is 8.78. The minimum absolute atomic E-state index is 0.148. The van der Waals surface area contributed by atoms with Crippen LogP contribution in [-0.2, 0) is 15.1 Å². The molecule has 3 aliphatic heterocycles. The lowest BCUT2D eigenvalue weighted by atomic mass is 9.75. The van der Waals surface area contributed by atoms with Crippen LogP contribution in [0.2, 0.25) is 0 Å². The maximum absolute atomic E-state index is 14.4. The molecule has 3 heterocycles. The van der Waals surface area contributed by atoms with Crippen LogP contribution in [0.1, 0.15) is 23.6 Å². The zero-order valence-corrected chi connectivity index (χ0v) is 18.4. The number of para-hydroxylation sites is 1. The summed E-state index contributed by atoms with van der Waals surface area (Å²) in [5, 5.41) is 4.42. The van der Waals surface area contributed by atoms with Crippen molar-refractivity contribution in [3.05, 3.63) is 96.1 Å². The Labute approximate surface area is 192 Å². The molecule has 6 nitrogen and oxygen atoms in total. The van der Waals surface area contributed by atoms with Crippen LogP contribution in [0.15, 0.2) is 84.9 Å². The van der Waals surface area contributed by atoms with E-state index in [2.05, 4.69) is 10.0 Å². The topological polar surface area (TPSA) is 53.1 Å². The van der Waals surface area contributed by atoms with E-state index in [0.29, 0.717) is 5.69 Å². The van der Waals surface area contributed by atoms with Crippen LogP contribution >= 0.6 is 0 Å². The second-order valence-corrected chi connectivity index (χ2v) is 8.78. The van der Waals surface area contributed by atoms with E-state index in [1.54, 1.807) is 7.11 Å². The molecule has 3 fully saturated rings. The molecular formula is C27H25N3O3. The Balaban J connectivity index is 1.58. The zero-order valence-electron chi connectivity index (χ0n) is 18.4. The molecule has 6 rings (SSSR count). The van der Waals surface area contributed by atoms with Crippen LogP contribution in [0.3, 0.4) is 0 Å². The number of hydrogen-bond donors (Lipinski definition) is 0. The molecule has 0 saturated carbocycles. The molecule has 0 aliphatic carbocycles. The molecule has 166 valence electrons. The van der Waals surface area contributed by atoms with Crippen molar-refractivity contribution in [3.63, 3.8) is 0 Å². The van der Waals surface area contributed by atoms with Gasteiger partial charge in [-0.2, -0.15) is 0 Å². The first-order valence-electron chi connectivity index (χ1n) is 11.3. The zero-order chi connectivity index (χ0) is 22.6. The maximum atomic E-state index is 14.4. The lowest BCUT2D eigenvalue weighted by molar-refractivity contribution is -0.134. The number of ether oxygens (including phenoxy) is 1. The second kappa shape index (κ2) is 7.54. The third kappa shape index (κ3) is 2.68. The summed E-state index contributed by atoms with van der Waals surface area (Å²) in [6.45, 7) is 1.55. The smallest absolute Gasteiger partial charge is 0.261 e. The Morgan fingerprint density at radius 2 is 1.52 bits per heavy atom. The lowest BCUT2D eigenvalue weighted by Gasteiger charge is -2.36. The van der Waals surface area contributed by atoms with Crippen LogP contribution in [-0.4, -0.2) is 42.0 Å². The Kier molecular flexibility index (Phi) is 4.60. The van der Waals surface area contributed by atoms with Crippen molar-refractivity contribution in [2.45, 2.75) is 18.0 Å². The predicted molar refractivity (Wildman–Crippen MR) is 124 cm³/mol. The Bertz CT molecular complexity index is 1200. The van der Waals surface area contributed by atoms with Gasteiger partial charge in [0, 0.05) is 13.1 Å². The fourth-order valence-corrected chi connectivity index (χ4v) is 5.96. The number of methoxy groups -OCH3 is 1. The molecule has 3 atom stereocenters. The third-order valence-electron chi connectivity index (χ3n) is 7.26. The van der Waals surface area contributed by atoms with E-state index in [0.717, 1.165) is 36.4 Å². The maximum Gasteiger partial charge on any atom is 0.261 e. The minimum atomic E-state index is -1.06. The normalized spacial score (nSPS) is 27.1. The number of fused-ring (bicyclic) bond motifs is 3. The number of carbonyl (C=O) groups excluding carboxylic acids is 2. The predicted octanol–water partition coefficient (Wildman–Crippen LogP) is 3.76. The van der Waals surface area contributed by atoms with Crippen LogP contribution in [0, 0.1) is 5.92 Å². The SMILES string of the molecule is COc1ccc([C@@H]2[C@@H]3C(=O)N(c4ccccc4)C(=O)[C@]3(c3ccccc3)N3CCCN23)cc1. The molecule has 0 N–H and O–H groups in total. The summed E-state index contributed by atoms with van der Waals surface area (Å²) < 4.78 is 5.35. The minimum Gasteiger partial charge on any atom is -0.497 e. The van der Waals surface area contributed by atoms with Crippen molar-refractivity contribution < 1.29 is 14.3 Å². The first-order chi connectivity index (χ1) is 16.2. The number of imide groups is 1. The van der Waals surface area contributed by atoms with Gasteiger partial charge in [0.2, 0.25) is 5.91 Å². The Morgan fingerprint density at radius 3 is 2.18 bits per heavy atom. The highest BCUT2D eigenvalue weighted by molar-refractivity contribution is 6.26. The van der Waals surface area contributed by atoms with Crippen molar-refractivity contribution in [1.29, 1.82) is 0 Å². The highest BCUT2D eigenvalue weighted by Crippen LogP contribution is 2.59. The van der Waals surface area contributed by atoms with Gasteiger partial charge in [-0.05, 0) is 41.8 Å². The van der Waals surface area contributed by atoms with Gasteiger partial charge in [-0.25, -0.2) is 14.9 Å². The van der Waals surface area contributed by atoms with Crippen LogP contribution in [0.25, 0.3) is 0 Å². The highest BCUT2D eigenvalue weighted by atomic mass is 16.5. The molecule has 0 aromatic heterocycles. The summed E-state index contributed by atoms with van der Waals surface area (Å²) in [6, 6.07) is 26.8. The van der Waals surface area contributed by atoms with Gasteiger partial charge in [-0.3, -0.25) is 9.59 Å². The van der Waals surface area contributed by atoms with Crippen LogP contribution < -0.4 is 9.64 Å². The van der Waals surface area contributed by atoms with Crippen molar-refractivity contribution in [2.75, 3.05) is 25.1 Å². The summed E-state index contributed by atoms with van der Waals surface area (Å²) in [6.07, 6.45) is 0.945. The molecule has 3 saturated heterocycles. The number of anilines is 1. The van der Waals surface area contributed by atoms with Gasteiger partial charge in [0.05, 0.1) is 24.8 Å². The number of benzene rings is 3. The average molecular weight is 440 g/mol. The molecule has 0 spiro atoms. The summed E-state index contributed by atoms with van der Waals surface area (Å²) >= 11 is 0. The van der Waals surface area contributed by atoms with E-state index >= 15 is 0 Å². The third-order valence-corrected chi connectivity index (χ3v) is 7.26. The molecule has 2 amide bonds. The average Bonchev–Trinajstić information content (AvgIpc) is 3.51. The van der Waals surface area contributed by atoms with Crippen molar-refractivity contribution in [3.8, 4) is 5.75 Å². The van der Waals surface area contributed by atoms with Crippen molar-refractivity contribution in [2.24, 2.45) is 5.92 Å². The molecule has 0 radical (unpaired) electrons. The van der Waals surface area contributed by atoms with Gasteiger partial charge in [-0.1, -0.05) is 60.7 Å². The van der Waals surface area contributed by atoms with Crippen LogP contribution in [0.5, 0.6) is 5.75 Å². The van der Waals surface area contributed by atoms with Gasteiger partial charge < -0.3 is 4.74 Å². The molecule has 6 heteroatoms. The number of amides is 2. The Morgan fingerprint density at radius 1 is 0.848 bits per heavy atom. The van der Waals surface area contributed by atoms with Gasteiger partial charge in [0.15, 0.2) is 5.54 Å². The molecule has 0 bridgehead atoms. The summed E-state index contributed by atoms with van der Waals surface area (Å²) in [7, 11) is 1.64. The number of nitrogens with zero attached hydrogens (tertiary/aromatic N) is 3. The highest BCUT2D eigenvalue weighted by Gasteiger charge is 2.73. The van der Waals surface area contributed by atoms with Gasteiger partial charge in [-0.15, -0.1) is 0 Å². The van der Waals surface area contributed by atoms with Crippen molar-refractivity contribution in [1.82, 2.24) is 10.0 Å². The van der Waals surface area contributed by atoms with E-state index in [1.165, 1.54) is 4.90 Å². The molecular weight excluding hydrogens is 414 g/mol. The number of hydrogen-bond acceptors (Lipinski definition) is 5. The first-order valence-corrected chi connectivity index (χ1v) is 11.3. The van der Waals surface area contributed by atoms with Crippen LogP contribution in [0.4, 0.5) is 5.69 Å². The van der Waals surface area contributed by atoms with Gasteiger partial charge in [0.25, 0.3) is 5.91 Å². The quantitative estimate of drug-likeness (QED) is 0.580. The van der Waals surface area contributed by atoms with E-state index in [4.69, 9.17) is 4.74 Å². The fraction of sp³-hybridized carbons (Fsp3) is 0.259. The molecule has 3 aromatic carbocycles. The van der Waals surface area contributed by atoms with E-state index in [-0.39, 0.29) is 17.9 Å². The first kappa shape index (κ1) is 20.1. The summed E-state index contributed by atoms with van der Waals surface area (Å²) in [5.41, 5.74) is 1.45. The largest absolute Gasteiger partial charge is 0.497 e. The molecule has 3 aromatic rings. The van der Waals surface area contributed by atoms with E-state index < -0.39 is 11.5 Å². The molecule has 0 unspecified atom stereocenters. The van der Waals surface area contributed by atoms with E-state index in [1.807, 2.05) is 84.9 Å². The summed E-state index contributed by atoms with van der Waals surface area (Å²) in [4.78, 5) is 29.9.